The molecule has 1 aromatic carbocycles. The SMILES string of the molecule is CN=C(NCC(c1cnn(C)c1)N(C)C)NC1CCN(c2c(F)cccc2F)C1.I. The molecule has 2 heterocycles. The zero-order valence-electron chi connectivity index (χ0n) is 17.8. The zero-order valence-corrected chi connectivity index (χ0v) is 20.1. The minimum atomic E-state index is -0.529. The van der Waals surface area contributed by atoms with Crippen molar-refractivity contribution < 1.29 is 8.78 Å². The van der Waals surface area contributed by atoms with Crippen molar-refractivity contribution in [3.63, 3.8) is 0 Å². The van der Waals surface area contributed by atoms with E-state index < -0.39 is 11.6 Å². The molecule has 3 rings (SSSR count). The lowest BCUT2D eigenvalue weighted by molar-refractivity contribution is 0.298. The Labute approximate surface area is 193 Å². The first-order valence-corrected chi connectivity index (χ1v) is 9.70. The van der Waals surface area contributed by atoms with Crippen LogP contribution in [0, 0.1) is 11.6 Å². The Kier molecular flexibility index (Phi) is 8.83. The highest BCUT2D eigenvalue weighted by Crippen LogP contribution is 2.26. The van der Waals surface area contributed by atoms with E-state index in [1.54, 1.807) is 16.6 Å². The molecule has 0 spiro atoms. The Balaban J connectivity index is 0.00000320. The van der Waals surface area contributed by atoms with E-state index in [0.717, 1.165) is 12.0 Å². The largest absolute Gasteiger partial charge is 0.365 e. The van der Waals surface area contributed by atoms with E-state index in [1.165, 1.54) is 18.2 Å². The van der Waals surface area contributed by atoms with Gasteiger partial charge < -0.3 is 20.4 Å². The summed E-state index contributed by atoms with van der Waals surface area (Å²) in [5, 5.41) is 11.0. The number of aliphatic imine (C=N–C) groups is 1. The molecular weight excluding hydrogens is 503 g/mol. The molecule has 10 heteroatoms. The van der Waals surface area contributed by atoms with Gasteiger partial charge in [-0.1, -0.05) is 6.07 Å². The van der Waals surface area contributed by atoms with E-state index >= 15 is 0 Å². The second-order valence-corrected chi connectivity index (χ2v) is 7.53. The van der Waals surface area contributed by atoms with E-state index in [1.807, 2.05) is 33.5 Å². The highest BCUT2D eigenvalue weighted by molar-refractivity contribution is 14.0. The average Bonchev–Trinajstić information content (AvgIpc) is 3.30. The second-order valence-electron chi connectivity index (χ2n) is 7.53. The number of nitrogens with one attached hydrogen (secondary N) is 2. The van der Waals surface area contributed by atoms with Crippen LogP contribution in [0.1, 0.15) is 18.0 Å². The fourth-order valence-corrected chi connectivity index (χ4v) is 3.66. The number of para-hydroxylation sites is 1. The summed E-state index contributed by atoms with van der Waals surface area (Å²) in [4.78, 5) is 8.17. The molecule has 0 bridgehead atoms. The van der Waals surface area contributed by atoms with Crippen LogP contribution in [-0.2, 0) is 7.05 Å². The van der Waals surface area contributed by atoms with Crippen molar-refractivity contribution in [2.45, 2.75) is 18.5 Å². The molecule has 7 nitrogen and oxygen atoms in total. The van der Waals surface area contributed by atoms with E-state index in [2.05, 4.69) is 25.6 Å². The molecule has 1 aliphatic rings. The van der Waals surface area contributed by atoms with Gasteiger partial charge in [0.25, 0.3) is 0 Å². The highest BCUT2D eigenvalue weighted by Gasteiger charge is 2.27. The van der Waals surface area contributed by atoms with Crippen LogP contribution < -0.4 is 15.5 Å². The Hall–Kier alpha value is -1.95. The number of likely N-dealkylation sites (N-methyl/N-ethyl adjacent to an activating group) is 1. The predicted octanol–water partition coefficient (Wildman–Crippen LogP) is 2.36. The maximum atomic E-state index is 14.1. The molecule has 0 aliphatic carbocycles. The summed E-state index contributed by atoms with van der Waals surface area (Å²) < 4.78 is 29.9. The lowest BCUT2D eigenvalue weighted by Crippen LogP contribution is -2.46. The number of aryl methyl sites for hydroxylation is 1. The summed E-state index contributed by atoms with van der Waals surface area (Å²) in [6.45, 7) is 1.75. The third kappa shape index (κ3) is 5.81. The van der Waals surface area contributed by atoms with E-state index in [9.17, 15) is 8.78 Å². The van der Waals surface area contributed by atoms with Crippen LogP contribution in [0.15, 0.2) is 35.6 Å². The monoisotopic (exact) mass is 533 g/mol. The van der Waals surface area contributed by atoms with Gasteiger partial charge in [0.05, 0.1) is 12.2 Å². The van der Waals surface area contributed by atoms with Gasteiger partial charge in [0.2, 0.25) is 0 Å². The van der Waals surface area contributed by atoms with Gasteiger partial charge in [0.15, 0.2) is 5.96 Å². The van der Waals surface area contributed by atoms with Crippen molar-refractivity contribution >= 4 is 35.6 Å². The average molecular weight is 533 g/mol. The molecule has 0 radical (unpaired) electrons. The molecule has 0 saturated carbocycles. The molecule has 166 valence electrons. The number of nitrogens with zero attached hydrogens (tertiary/aromatic N) is 5. The van der Waals surface area contributed by atoms with Gasteiger partial charge in [-0.15, -0.1) is 24.0 Å². The summed E-state index contributed by atoms with van der Waals surface area (Å²) in [6.07, 6.45) is 4.63. The lowest BCUT2D eigenvalue weighted by Gasteiger charge is -2.25. The first kappa shape index (κ1) is 24.3. The minimum absolute atomic E-state index is 0. The summed E-state index contributed by atoms with van der Waals surface area (Å²) in [5.74, 6) is -0.390. The lowest BCUT2D eigenvalue weighted by atomic mass is 10.1. The second kappa shape index (κ2) is 10.9. The normalized spacial score (nSPS) is 17.8. The van der Waals surface area contributed by atoms with Crippen molar-refractivity contribution in [2.75, 3.05) is 45.7 Å². The number of hydrogen-bond donors (Lipinski definition) is 2. The van der Waals surface area contributed by atoms with Gasteiger partial charge in [-0.05, 0) is 32.6 Å². The maximum absolute atomic E-state index is 14.1. The number of anilines is 1. The van der Waals surface area contributed by atoms with Gasteiger partial charge in [0.1, 0.15) is 17.3 Å². The summed E-state index contributed by atoms with van der Waals surface area (Å²) >= 11 is 0. The van der Waals surface area contributed by atoms with Crippen LogP contribution >= 0.6 is 24.0 Å². The van der Waals surface area contributed by atoms with Gasteiger partial charge in [-0.2, -0.15) is 5.10 Å². The molecule has 30 heavy (non-hydrogen) atoms. The van der Waals surface area contributed by atoms with E-state index in [4.69, 9.17) is 0 Å². The van der Waals surface area contributed by atoms with Crippen LogP contribution in [0.25, 0.3) is 0 Å². The van der Waals surface area contributed by atoms with Crippen LogP contribution in [0.5, 0.6) is 0 Å². The van der Waals surface area contributed by atoms with Crippen molar-refractivity contribution in [3.05, 3.63) is 47.8 Å². The fraction of sp³-hybridized carbons (Fsp3) is 0.500. The predicted molar refractivity (Wildman–Crippen MR) is 127 cm³/mol. The van der Waals surface area contributed by atoms with Crippen LogP contribution in [0.3, 0.4) is 0 Å². The summed E-state index contributed by atoms with van der Waals surface area (Å²) in [7, 11) is 7.66. The number of aromatic nitrogens is 2. The molecule has 2 aromatic rings. The molecule has 1 aromatic heterocycles. The quantitative estimate of drug-likeness (QED) is 0.340. The Morgan fingerprint density at radius 1 is 1.33 bits per heavy atom. The number of halogens is 3. The molecule has 2 unspecified atom stereocenters. The highest BCUT2D eigenvalue weighted by atomic mass is 127. The maximum Gasteiger partial charge on any atom is 0.191 e. The van der Waals surface area contributed by atoms with Crippen molar-refractivity contribution in [3.8, 4) is 0 Å². The van der Waals surface area contributed by atoms with Crippen LogP contribution in [-0.4, -0.2) is 67.5 Å². The standard InChI is InChI=1S/C20H29F2N7.HI/c1-23-20(24-11-18(27(2)3)14-10-25-28(4)12-14)26-15-8-9-29(13-15)19-16(21)6-5-7-17(19)22;/h5-7,10,12,15,18H,8-9,11,13H2,1-4H3,(H2,23,24,26);1H. The molecule has 2 atom stereocenters. The Morgan fingerprint density at radius 3 is 2.60 bits per heavy atom. The van der Waals surface area contributed by atoms with Gasteiger partial charge in [-0.25, -0.2) is 8.78 Å². The van der Waals surface area contributed by atoms with Crippen LogP contribution in [0.2, 0.25) is 0 Å². The van der Waals surface area contributed by atoms with Crippen molar-refractivity contribution in [1.29, 1.82) is 0 Å². The Morgan fingerprint density at radius 2 is 2.03 bits per heavy atom. The molecule has 1 aliphatic heterocycles. The molecule has 2 N–H and O–H groups in total. The topological polar surface area (TPSA) is 60.7 Å². The van der Waals surface area contributed by atoms with Gasteiger partial charge >= 0.3 is 0 Å². The summed E-state index contributed by atoms with van der Waals surface area (Å²) in [6, 6.07) is 4.15. The molecule has 0 amide bonds. The summed E-state index contributed by atoms with van der Waals surface area (Å²) in [5.41, 5.74) is 1.16. The molecular formula is C20H30F2IN7. The third-order valence-electron chi connectivity index (χ3n) is 5.20. The molecule has 1 fully saturated rings. The first-order valence-electron chi connectivity index (χ1n) is 9.70. The minimum Gasteiger partial charge on any atom is -0.365 e. The van der Waals surface area contributed by atoms with Gasteiger partial charge in [-0.3, -0.25) is 9.67 Å². The third-order valence-corrected chi connectivity index (χ3v) is 5.20. The number of guanidine groups is 1. The number of hydrogen-bond acceptors (Lipinski definition) is 4. The Bertz CT molecular complexity index is 835. The smallest absolute Gasteiger partial charge is 0.191 e. The van der Waals surface area contributed by atoms with Crippen molar-refractivity contribution in [1.82, 2.24) is 25.3 Å². The molecule has 1 saturated heterocycles. The van der Waals surface area contributed by atoms with Crippen LogP contribution in [0.4, 0.5) is 14.5 Å². The fourth-order valence-electron chi connectivity index (χ4n) is 3.66. The van der Waals surface area contributed by atoms with E-state index in [-0.39, 0.29) is 41.7 Å². The number of benzene rings is 1. The zero-order chi connectivity index (χ0) is 21.0. The first-order chi connectivity index (χ1) is 13.9. The van der Waals surface area contributed by atoms with Gasteiger partial charge in [0, 0.05) is 51.5 Å². The number of rotatable bonds is 6. The van der Waals surface area contributed by atoms with Crippen molar-refractivity contribution in [2.24, 2.45) is 12.0 Å². The van der Waals surface area contributed by atoms with E-state index in [0.29, 0.717) is 25.6 Å².